The molecule has 0 aromatic carbocycles. The van der Waals surface area contributed by atoms with Gasteiger partial charge in [0.05, 0.1) is 6.07 Å². The maximum absolute atomic E-state index is 9.63. The molecule has 0 aliphatic carbocycles. The zero-order valence-corrected chi connectivity index (χ0v) is 13.3. The Morgan fingerprint density at radius 3 is 2.18 bits per heavy atom. The Kier molecular flexibility index (Phi) is 5.63. The largest absolute Gasteiger partial charge is 0.399 e. The number of rotatable bonds is 7. The average molecular weight is 253 g/mol. The highest BCUT2D eigenvalue weighted by molar-refractivity contribution is 6.69. The van der Waals surface area contributed by atoms with Crippen LogP contribution < -0.4 is 0 Å². The van der Waals surface area contributed by atoms with E-state index in [1.54, 1.807) is 0 Å². The van der Waals surface area contributed by atoms with Crippen LogP contribution in [0.1, 0.15) is 40.0 Å². The molecule has 1 atom stereocenters. The van der Waals surface area contributed by atoms with Gasteiger partial charge in [-0.25, -0.2) is 0 Å². The summed E-state index contributed by atoms with van der Waals surface area (Å²) in [5, 5.41) is 9.63. The minimum atomic E-state index is -1.76. The minimum Gasteiger partial charge on any atom is -0.399 e. The number of hydrogen-bond acceptors (Lipinski definition) is 2. The molecule has 0 N–H and O–H groups in total. The van der Waals surface area contributed by atoms with Crippen LogP contribution in [0.2, 0.25) is 19.6 Å². The van der Waals surface area contributed by atoms with E-state index >= 15 is 0 Å². The van der Waals surface area contributed by atoms with Gasteiger partial charge < -0.3 is 4.43 Å². The van der Waals surface area contributed by atoms with Crippen LogP contribution in [0.5, 0.6) is 0 Å². The van der Waals surface area contributed by atoms with Gasteiger partial charge in [0.1, 0.15) is 0 Å². The minimum absolute atomic E-state index is 0.322. The third-order valence-corrected chi connectivity index (χ3v) is 4.06. The first-order valence-electron chi connectivity index (χ1n) is 6.39. The molecule has 2 nitrogen and oxygen atoms in total. The normalized spacial score (nSPS) is 16.1. The van der Waals surface area contributed by atoms with E-state index in [1.165, 1.54) is 0 Å². The fraction of sp³-hybridized carbons (Fsp3) is 0.786. The molecule has 0 saturated heterocycles. The molecule has 0 aliphatic heterocycles. The SMILES string of the molecule is C=CC(C)(C)C(C#N)(CCCC)O[Si](C)(C)C. The Balaban J connectivity index is 5.31. The fourth-order valence-corrected chi connectivity index (χ4v) is 3.30. The zero-order valence-electron chi connectivity index (χ0n) is 12.3. The molecule has 0 heterocycles. The van der Waals surface area contributed by atoms with Crippen LogP contribution in [0.4, 0.5) is 0 Å². The highest BCUT2D eigenvalue weighted by Gasteiger charge is 2.46. The second-order valence-electron chi connectivity index (χ2n) is 6.18. The lowest BCUT2D eigenvalue weighted by Crippen LogP contribution is -2.51. The molecule has 98 valence electrons. The van der Waals surface area contributed by atoms with Crippen molar-refractivity contribution in [3.63, 3.8) is 0 Å². The highest BCUT2D eigenvalue weighted by Crippen LogP contribution is 2.41. The van der Waals surface area contributed by atoms with Crippen molar-refractivity contribution in [2.45, 2.75) is 65.3 Å². The van der Waals surface area contributed by atoms with E-state index in [4.69, 9.17) is 4.43 Å². The molecule has 0 aliphatic rings. The Bertz CT molecular complexity index is 298. The Morgan fingerprint density at radius 2 is 1.88 bits per heavy atom. The molecule has 0 spiro atoms. The third-order valence-electron chi connectivity index (χ3n) is 3.09. The molecule has 0 bridgehead atoms. The zero-order chi connectivity index (χ0) is 13.7. The van der Waals surface area contributed by atoms with Crippen LogP contribution in [0, 0.1) is 16.7 Å². The average Bonchev–Trinajstić information content (AvgIpc) is 2.22. The molecule has 1 unspecified atom stereocenters. The molecule has 0 amide bonds. The summed E-state index contributed by atoms with van der Waals surface area (Å²) in [7, 11) is -1.76. The van der Waals surface area contributed by atoms with Gasteiger partial charge in [0.25, 0.3) is 0 Å². The van der Waals surface area contributed by atoms with Crippen molar-refractivity contribution in [2.24, 2.45) is 5.41 Å². The van der Waals surface area contributed by atoms with Crippen LogP contribution in [-0.2, 0) is 4.43 Å². The lowest BCUT2D eigenvalue weighted by Gasteiger charge is -2.43. The van der Waals surface area contributed by atoms with Crippen LogP contribution in [0.15, 0.2) is 12.7 Å². The quantitative estimate of drug-likeness (QED) is 0.494. The van der Waals surface area contributed by atoms with E-state index in [1.807, 2.05) is 19.9 Å². The number of nitrogens with zero attached hydrogens (tertiary/aromatic N) is 1. The number of hydrogen-bond donors (Lipinski definition) is 0. The third kappa shape index (κ3) is 4.29. The molecule has 17 heavy (non-hydrogen) atoms. The van der Waals surface area contributed by atoms with E-state index in [0.29, 0.717) is 0 Å². The summed E-state index contributed by atoms with van der Waals surface area (Å²) in [6.45, 7) is 16.5. The molecule has 3 heteroatoms. The molecular weight excluding hydrogens is 226 g/mol. The van der Waals surface area contributed by atoms with Gasteiger partial charge in [-0.15, -0.1) is 6.58 Å². The summed E-state index contributed by atoms with van der Waals surface area (Å²) in [6.07, 6.45) is 4.72. The molecule has 0 aromatic rings. The number of unbranched alkanes of at least 4 members (excludes halogenated alkanes) is 1. The Hall–Kier alpha value is -0.593. The van der Waals surface area contributed by atoms with Crippen LogP contribution in [-0.4, -0.2) is 13.9 Å². The van der Waals surface area contributed by atoms with E-state index in [-0.39, 0.29) is 5.41 Å². The summed E-state index contributed by atoms with van der Waals surface area (Å²) >= 11 is 0. The lowest BCUT2D eigenvalue weighted by molar-refractivity contribution is 0.0190. The Morgan fingerprint density at radius 1 is 1.35 bits per heavy atom. The second-order valence-corrected chi connectivity index (χ2v) is 10.6. The van der Waals surface area contributed by atoms with Crippen molar-refractivity contribution in [3.8, 4) is 6.07 Å². The van der Waals surface area contributed by atoms with E-state index < -0.39 is 13.9 Å². The van der Waals surface area contributed by atoms with E-state index in [0.717, 1.165) is 19.3 Å². The smallest absolute Gasteiger partial charge is 0.185 e. The monoisotopic (exact) mass is 253 g/mol. The summed E-state index contributed by atoms with van der Waals surface area (Å²) in [5.41, 5.74) is -1.05. The van der Waals surface area contributed by atoms with Gasteiger partial charge in [0.15, 0.2) is 13.9 Å². The predicted octanol–water partition coefficient (Wildman–Crippen LogP) is 4.50. The topological polar surface area (TPSA) is 33.0 Å². The highest BCUT2D eigenvalue weighted by atomic mass is 28.4. The lowest BCUT2D eigenvalue weighted by atomic mass is 9.73. The Labute approximate surface area is 108 Å². The molecule has 0 radical (unpaired) electrons. The maximum atomic E-state index is 9.63. The molecule has 0 fully saturated rings. The first-order chi connectivity index (χ1) is 7.64. The molecular formula is C14H27NOSi. The van der Waals surface area contributed by atoms with Gasteiger partial charge in [0, 0.05) is 5.41 Å². The second kappa shape index (κ2) is 5.84. The van der Waals surface area contributed by atoms with Crippen LogP contribution in [0.25, 0.3) is 0 Å². The van der Waals surface area contributed by atoms with Gasteiger partial charge in [0.2, 0.25) is 0 Å². The molecule has 0 saturated carbocycles. The van der Waals surface area contributed by atoms with Crippen molar-refractivity contribution in [1.29, 1.82) is 5.26 Å². The first kappa shape index (κ1) is 16.4. The van der Waals surface area contributed by atoms with Gasteiger partial charge in [-0.3, -0.25) is 0 Å². The van der Waals surface area contributed by atoms with Crippen molar-refractivity contribution < 1.29 is 4.43 Å². The van der Waals surface area contributed by atoms with Gasteiger partial charge in [-0.05, 0) is 32.5 Å². The molecule has 0 rings (SSSR count). The van der Waals surface area contributed by atoms with E-state index in [9.17, 15) is 5.26 Å². The van der Waals surface area contributed by atoms with Crippen molar-refractivity contribution in [2.75, 3.05) is 0 Å². The van der Waals surface area contributed by atoms with Crippen molar-refractivity contribution >= 4 is 8.32 Å². The van der Waals surface area contributed by atoms with Gasteiger partial charge in [-0.1, -0.05) is 33.3 Å². The standard InChI is InChI=1S/C14H27NOSi/c1-8-10-11-14(12-15,13(3,4)9-2)16-17(5,6)7/h9H,2,8,10-11H2,1,3-7H3. The van der Waals surface area contributed by atoms with Crippen LogP contribution in [0.3, 0.4) is 0 Å². The summed E-state index contributed by atoms with van der Waals surface area (Å²) < 4.78 is 6.24. The van der Waals surface area contributed by atoms with Gasteiger partial charge >= 0.3 is 0 Å². The van der Waals surface area contributed by atoms with E-state index in [2.05, 4.69) is 39.2 Å². The number of nitriles is 1. The fourth-order valence-electron chi connectivity index (χ4n) is 1.84. The summed E-state index contributed by atoms with van der Waals surface area (Å²) in [4.78, 5) is 0. The van der Waals surface area contributed by atoms with Crippen LogP contribution >= 0.6 is 0 Å². The summed E-state index contributed by atoms with van der Waals surface area (Å²) in [6, 6.07) is 2.44. The first-order valence-corrected chi connectivity index (χ1v) is 9.80. The molecule has 0 aromatic heterocycles. The van der Waals surface area contributed by atoms with Crippen molar-refractivity contribution in [1.82, 2.24) is 0 Å². The van der Waals surface area contributed by atoms with Crippen molar-refractivity contribution in [3.05, 3.63) is 12.7 Å². The predicted molar refractivity (Wildman–Crippen MR) is 76.3 cm³/mol. The van der Waals surface area contributed by atoms with Gasteiger partial charge in [-0.2, -0.15) is 5.26 Å². The maximum Gasteiger partial charge on any atom is 0.185 e. The summed E-state index contributed by atoms with van der Waals surface area (Å²) in [5.74, 6) is 0.